The summed E-state index contributed by atoms with van der Waals surface area (Å²) >= 11 is 0. The summed E-state index contributed by atoms with van der Waals surface area (Å²) in [5.41, 5.74) is 2.41. The minimum atomic E-state index is -4.34. The van der Waals surface area contributed by atoms with Gasteiger partial charge in [0, 0.05) is 24.9 Å². The highest BCUT2D eigenvalue weighted by Gasteiger charge is 2.41. The van der Waals surface area contributed by atoms with E-state index in [1.54, 1.807) is 42.0 Å². The molecule has 0 spiro atoms. The number of hydrogen-bond acceptors (Lipinski definition) is 6. The standard InChI is InChI=1S/C23H29F3N6O2/c1-14-10-27-21(29-16-11-28-31(12-16)13-22(2,3)34)30-20(14)15-8-17-4-5-18(9-15)32(17)19(33)6-7-23(24,25)26/h8,10-12,17-18,34H,4-7,9,13H2,1-3H3,(H,27,29,30)/t17-,18+/m1/s1. The summed E-state index contributed by atoms with van der Waals surface area (Å²) in [5, 5.41) is 17.3. The molecule has 2 bridgehead atoms. The van der Waals surface area contributed by atoms with Crippen molar-refractivity contribution < 1.29 is 23.1 Å². The lowest BCUT2D eigenvalue weighted by atomic mass is 9.96. The number of alkyl halides is 3. The lowest BCUT2D eigenvalue weighted by Gasteiger charge is -2.34. The fourth-order valence-electron chi connectivity index (χ4n) is 4.64. The van der Waals surface area contributed by atoms with Gasteiger partial charge in [-0.15, -0.1) is 0 Å². The van der Waals surface area contributed by atoms with Crippen molar-refractivity contribution in [3.63, 3.8) is 0 Å². The van der Waals surface area contributed by atoms with Crippen LogP contribution in [-0.2, 0) is 11.3 Å². The van der Waals surface area contributed by atoms with Crippen LogP contribution in [0.4, 0.5) is 24.8 Å². The van der Waals surface area contributed by atoms with Crippen molar-refractivity contribution in [3.05, 3.63) is 35.9 Å². The van der Waals surface area contributed by atoms with Crippen molar-refractivity contribution in [2.24, 2.45) is 0 Å². The Hall–Kier alpha value is -2.95. The van der Waals surface area contributed by atoms with Gasteiger partial charge in [0.1, 0.15) is 0 Å². The second-order valence-corrected chi connectivity index (χ2v) is 9.70. The highest BCUT2D eigenvalue weighted by Crippen LogP contribution is 2.39. The molecule has 0 unspecified atom stereocenters. The third-order valence-corrected chi connectivity index (χ3v) is 6.02. The first-order valence-corrected chi connectivity index (χ1v) is 11.3. The molecular weight excluding hydrogens is 449 g/mol. The van der Waals surface area contributed by atoms with Crippen LogP contribution >= 0.6 is 0 Å². The Morgan fingerprint density at radius 2 is 2.03 bits per heavy atom. The molecule has 0 radical (unpaired) electrons. The summed E-state index contributed by atoms with van der Waals surface area (Å²) in [5.74, 6) is -0.0507. The molecule has 4 heterocycles. The minimum Gasteiger partial charge on any atom is -0.389 e. The predicted octanol–water partition coefficient (Wildman–Crippen LogP) is 3.99. The first-order valence-electron chi connectivity index (χ1n) is 11.3. The summed E-state index contributed by atoms with van der Waals surface area (Å²) < 4.78 is 39.3. The number of aliphatic hydroxyl groups is 1. The van der Waals surface area contributed by atoms with Crippen molar-refractivity contribution in [2.45, 2.75) is 83.3 Å². The summed E-state index contributed by atoms with van der Waals surface area (Å²) in [6, 6.07) is -0.322. The highest BCUT2D eigenvalue weighted by atomic mass is 19.4. The van der Waals surface area contributed by atoms with Crippen LogP contribution in [0.25, 0.3) is 5.57 Å². The Balaban J connectivity index is 1.49. The topological polar surface area (TPSA) is 96.2 Å². The Labute approximate surface area is 195 Å². The van der Waals surface area contributed by atoms with Gasteiger partial charge in [-0.2, -0.15) is 18.3 Å². The van der Waals surface area contributed by atoms with Crippen molar-refractivity contribution >= 4 is 23.1 Å². The average molecular weight is 479 g/mol. The van der Waals surface area contributed by atoms with Crippen LogP contribution in [-0.4, -0.2) is 59.5 Å². The van der Waals surface area contributed by atoms with E-state index in [4.69, 9.17) is 0 Å². The lowest BCUT2D eigenvalue weighted by Crippen LogP contribution is -2.43. The van der Waals surface area contributed by atoms with Gasteiger partial charge in [0.2, 0.25) is 11.9 Å². The van der Waals surface area contributed by atoms with E-state index in [1.807, 2.05) is 13.0 Å². The number of carbonyl (C=O) groups excluding carboxylic acids is 1. The van der Waals surface area contributed by atoms with Crippen LogP contribution in [0, 0.1) is 6.92 Å². The van der Waals surface area contributed by atoms with Gasteiger partial charge >= 0.3 is 6.18 Å². The van der Waals surface area contributed by atoms with E-state index in [0.717, 1.165) is 29.7 Å². The van der Waals surface area contributed by atoms with Crippen LogP contribution in [0.2, 0.25) is 0 Å². The third-order valence-electron chi connectivity index (χ3n) is 6.02. The van der Waals surface area contributed by atoms with E-state index in [2.05, 4.69) is 20.4 Å². The predicted molar refractivity (Wildman–Crippen MR) is 120 cm³/mol. The summed E-state index contributed by atoms with van der Waals surface area (Å²) in [7, 11) is 0. The van der Waals surface area contributed by atoms with Crippen LogP contribution in [0.5, 0.6) is 0 Å². The largest absolute Gasteiger partial charge is 0.389 e. The third kappa shape index (κ3) is 5.75. The fourth-order valence-corrected chi connectivity index (χ4v) is 4.64. The molecule has 2 aromatic rings. The summed E-state index contributed by atoms with van der Waals surface area (Å²) in [6.45, 7) is 5.65. The number of hydrogen-bond donors (Lipinski definition) is 2. The molecule has 4 rings (SSSR count). The maximum Gasteiger partial charge on any atom is 0.389 e. The molecule has 1 saturated heterocycles. The molecule has 184 valence electrons. The van der Waals surface area contributed by atoms with Crippen LogP contribution in [0.15, 0.2) is 24.7 Å². The van der Waals surface area contributed by atoms with Gasteiger partial charge in [-0.1, -0.05) is 6.08 Å². The molecule has 2 aliphatic heterocycles. The lowest BCUT2D eigenvalue weighted by molar-refractivity contribution is -0.150. The zero-order valence-electron chi connectivity index (χ0n) is 19.4. The summed E-state index contributed by atoms with van der Waals surface area (Å²) in [6.07, 6.45) is 3.17. The Morgan fingerprint density at radius 3 is 2.71 bits per heavy atom. The molecule has 8 nitrogen and oxygen atoms in total. The maximum atomic E-state index is 12.6. The normalized spacial score (nSPS) is 20.4. The molecule has 2 atom stereocenters. The van der Waals surface area contributed by atoms with E-state index in [-0.39, 0.29) is 12.1 Å². The smallest absolute Gasteiger partial charge is 0.389 e. The molecule has 2 aromatic heterocycles. The summed E-state index contributed by atoms with van der Waals surface area (Å²) in [4.78, 5) is 23.2. The van der Waals surface area contributed by atoms with Crippen LogP contribution < -0.4 is 5.32 Å². The first kappa shape index (κ1) is 24.2. The average Bonchev–Trinajstić information content (AvgIpc) is 3.26. The zero-order chi connectivity index (χ0) is 24.7. The number of amides is 1. The van der Waals surface area contributed by atoms with Gasteiger partial charge in [0.15, 0.2) is 0 Å². The van der Waals surface area contributed by atoms with Crippen molar-refractivity contribution in [2.75, 3.05) is 5.32 Å². The maximum absolute atomic E-state index is 12.6. The molecule has 0 aliphatic carbocycles. The molecule has 11 heteroatoms. The van der Waals surface area contributed by atoms with E-state index in [0.29, 0.717) is 24.6 Å². The zero-order valence-corrected chi connectivity index (χ0v) is 19.4. The van der Waals surface area contributed by atoms with Gasteiger partial charge < -0.3 is 15.3 Å². The van der Waals surface area contributed by atoms with Crippen molar-refractivity contribution in [1.29, 1.82) is 0 Å². The molecule has 34 heavy (non-hydrogen) atoms. The van der Waals surface area contributed by atoms with Gasteiger partial charge in [-0.05, 0) is 51.2 Å². The minimum absolute atomic E-state index is 0.114. The Bertz CT molecular complexity index is 1090. The molecule has 2 aliphatic rings. The van der Waals surface area contributed by atoms with Gasteiger partial charge in [0.25, 0.3) is 0 Å². The molecule has 0 aromatic carbocycles. The molecule has 2 N–H and O–H groups in total. The van der Waals surface area contributed by atoms with Crippen molar-refractivity contribution in [3.8, 4) is 0 Å². The number of carbonyl (C=O) groups is 1. The second kappa shape index (κ2) is 9.01. The van der Waals surface area contributed by atoms with Crippen LogP contribution in [0.1, 0.15) is 57.2 Å². The van der Waals surface area contributed by atoms with Crippen molar-refractivity contribution in [1.82, 2.24) is 24.6 Å². The number of nitrogens with zero attached hydrogens (tertiary/aromatic N) is 5. The number of aromatic nitrogens is 4. The first-order chi connectivity index (χ1) is 15.9. The second-order valence-electron chi connectivity index (χ2n) is 9.70. The van der Waals surface area contributed by atoms with Crippen LogP contribution in [0.3, 0.4) is 0 Å². The number of aryl methyl sites for hydroxylation is 1. The number of fused-ring (bicyclic) bond motifs is 2. The fraction of sp³-hybridized carbons (Fsp3) is 0.565. The number of halogens is 3. The van der Waals surface area contributed by atoms with Gasteiger partial charge in [-0.3, -0.25) is 9.48 Å². The molecule has 0 saturated carbocycles. The molecule has 1 fully saturated rings. The number of nitrogens with one attached hydrogen (secondary N) is 1. The van der Waals surface area contributed by atoms with E-state index in [1.165, 1.54) is 0 Å². The monoisotopic (exact) mass is 478 g/mol. The quantitative estimate of drug-likeness (QED) is 0.625. The highest BCUT2D eigenvalue weighted by molar-refractivity contribution is 5.80. The van der Waals surface area contributed by atoms with E-state index < -0.39 is 30.5 Å². The Kier molecular flexibility index (Phi) is 6.41. The van der Waals surface area contributed by atoms with Gasteiger partial charge in [0.05, 0.1) is 42.2 Å². The molecular formula is C23H29F3N6O2. The number of rotatable bonds is 7. The van der Waals surface area contributed by atoms with E-state index in [9.17, 15) is 23.1 Å². The van der Waals surface area contributed by atoms with Gasteiger partial charge in [-0.25, -0.2) is 9.97 Å². The Morgan fingerprint density at radius 1 is 1.26 bits per heavy atom. The molecule has 1 amide bonds. The SMILES string of the molecule is Cc1cnc(Nc2cnn(CC(C)(C)O)c2)nc1C1=C[C@H]2CC[C@@H](C1)N2C(=O)CCC(F)(F)F. The van der Waals surface area contributed by atoms with E-state index >= 15 is 0 Å². The number of anilines is 2.